The molecule has 3 heterocycles. The summed E-state index contributed by atoms with van der Waals surface area (Å²) in [4.78, 5) is 33.9. The molecule has 0 saturated heterocycles. The summed E-state index contributed by atoms with van der Waals surface area (Å²) in [5.74, 6) is -0.151. The SMILES string of the molecule is Cc1ccc(-n2nc(C)c3nc(CCC(=O)NCc4ccccn4)c(=O)n(C)c32)cc1. The summed E-state index contributed by atoms with van der Waals surface area (Å²) < 4.78 is 3.30. The van der Waals surface area contributed by atoms with Gasteiger partial charge in [-0.1, -0.05) is 23.8 Å². The lowest BCUT2D eigenvalue weighted by molar-refractivity contribution is -0.121. The van der Waals surface area contributed by atoms with E-state index in [9.17, 15) is 9.59 Å². The third kappa shape index (κ3) is 4.23. The lowest BCUT2D eigenvalue weighted by Crippen LogP contribution is -2.27. The largest absolute Gasteiger partial charge is 0.350 e. The van der Waals surface area contributed by atoms with E-state index in [1.54, 1.807) is 22.5 Å². The lowest BCUT2D eigenvalue weighted by atomic mass is 10.2. The molecular formula is C23H24N6O2. The number of carbonyl (C=O) groups is 1. The van der Waals surface area contributed by atoms with Crippen molar-refractivity contribution in [2.24, 2.45) is 7.05 Å². The first-order valence-electron chi connectivity index (χ1n) is 10.1. The number of hydrogen-bond acceptors (Lipinski definition) is 5. The van der Waals surface area contributed by atoms with E-state index in [1.165, 1.54) is 0 Å². The average Bonchev–Trinajstić information content (AvgIpc) is 3.11. The quantitative estimate of drug-likeness (QED) is 0.521. The Morgan fingerprint density at radius 3 is 2.58 bits per heavy atom. The van der Waals surface area contributed by atoms with Crippen LogP contribution >= 0.6 is 0 Å². The Labute approximate surface area is 179 Å². The first kappa shape index (κ1) is 20.5. The number of nitrogens with zero attached hydrogens (tertiary/aromatic N) is 5. The number of amides is 1. The van der Waals surface area contributed by atoms with Crippen LogP contribution in [0.3, 0.4) is 0 Å². The zero-order valence-corrected chi connectivity index (χ0v) is 17.8. The van der Waals surface area contributed by atoms with Gasteiger partial charge >= 0.3 is 0 Å². The second-order valence-electron chi connectivity index (χ2n) is 7.53. The monoisotopic (exact) mass is 416 g/mol. The van der Waals surface area contributed by atoms with Gasteiger partial charge in [0.05, 0.1) is 23.6 Å². The van der Waals surface area contributed by atoms with Crippen LogP contribution in [0.25, 0.3) is 16.9 Å². The molecule has 0 saturated carbocycles. The molecular weight excluding hydrogens is 392 g/mol. The molecule has 0 aliphatic carbocycles. The van der Waals surface area contributed by atoms with Crippen LogP contribution in [0.1, 0.15) is 29.1 Å². The second-order valence-corrected chi connectivity index (χ2v) is 7.53. The minimum absolute atomic E-state index is 0.151. The molecule has 8 nitrogen and oxygen atoms in total. The Balaban J connectivity index is 1.56. The average molecular weight is 416 g/mol. The number of pyridine rings is 1. The third-order valence-corrected chi connectivity index (χ3v) is 5.18. The molecule has 0 aliphatic rings. The van der Waals surface area contributed by atoms with Crippen molar-refractivity contribution < 1.29 is 4.79 Å². The summed E-state index contributed by atoms with van der Waals surface area (Å²) >= 11 is 0. The van der Waals surface area contributed by atoms with E-state index in [2.05, 4.69) is 20.4 Å². The number of rotatable bonds is 6. The molecule has 0 radical (unpaired) electrons. The molecule has 4 aromatic rings. The molecule has 1 aromatic carbocycles. The number of nitrogens with one attached hydrogen (secondary N) is 1. The van der Waals surface area contributed by atoms with Gasteiger partial charge in [-0.3, -0.25) is 19.1 Å². The Morgan fingerprint density at radius 1 is 1.10 bits per heavy atom. The van der Waals surface area contributed by atoms with Crippen molar-refractivity contribution in [3.63, 3.8) is 0 Å². The van der Waals surface area contributed by atoms with Gasteiger partial charge in [0.1, 0.15) is 11.2 Å². The standard InChI is InChI=1S/C23H24N6O2/c1-15-7-9-18(10-8-15)29-22-21(16(2)27-29)26-19(23(31)28(22)3)11-12-20(30)25-14-17-6-4-5-13-24-17/h4-10,13H,11-12,14H2,1-3H3,(H,25,30). The number of fused-ring (bicyclic) bond motifs is 1. The zero-order valence-electron chi connectivity index (χ0n) is 17.8. The lowest BCUT2D eigenvalue weighted by Gasteiger charge is -2.09. The predicted octanol–water partition coefficient (Wildman–Crippen LogP) is 2.38. The highest BCUT2D eigenvalue weighted by atomic mass is 16.1. The van der Waals surface area contributed by atoms with Crippen LogP contribution < -0.4 is 10.9 Å². The van der Waals surface area contributed by atoms with Crippen LogP contribution in [-0.4, -0.2) is 30.2 Å². The maximum atomic E-state index is 12.9. The molecule has 0 unspecified atom stereocenters. The number of benzene rings is 1. The summed E-state index contributed by atoms with van der Waals surface area (Å²) in [6.45, 7) is 4.24. The fraction of sp³-hybridized carbons (Fsp3) is 0.261. The smallest absolute Gasteiger partial charge is 0.273 e. The minimum atomic E-state index is -0.224. The van der Waals surface area contributed by atoms with Gasteiger partial charge < -0.3 is 5.32 Å². The van der Waals surface area contributed by atoms with Gasteiger partial charge in [-0.05, 0) is 38.1 Å². The summed E-state index contributed by atoms with van der Waals surface area (Å²) in [6, 6.07) is 13.5. The van der Waals surface area contributed by atoms with Gasteiger partial charge in [0.25, 0.3) is 5.56 Å². The van der Waals surface area contributed by atoms with E-state index in [-0.39, 0.29) is 24.3 Å². The van der Waals surface area contributed by atoms with Gasteiger partial charge in [-0.15, -0.1) is 0 Å². The number of aromatic nitrogens is 5. The predicted molar refractivity (Wildman–Crippen MR) is 118 cm³/mol. The highest BCUT2D eigenvalue weighted by Crippen LogP contribution is 2.19. The van der Waals surface area contributed by atoms with Gasteiger partial charge in [0.15, 0.2) is 5.65 Å². The Bertz CT molecular complexity index is 1290. The number of carbonyl (C=O) groups excluding carboxylic acids is 1. The van der Waals surface area contributed by atoms with Crippen LogP contribution in [0.15, 0.2) is 53.5 Å². The molecule has 1 amide bonds. The van der Waals surface area contributed by atoms with Gasteiger partial charge in [-0.2, -0.15) is 5.10 Å². The van der Waals surface area contributed by atoms with Crippen molar-refractivity contribution in [1.82, 2.24) is 29.6 Å². The van der Waals surface area contributed by atoms with Crippen LogP contribution in [0.4, 0.5) is 0 Å². The fourth-order valence-corrected chi connectivity index (χ4v) is 3.45. The summed E-state index contributed by atoms with van der Waals surface area (Å²) in [7, 11) is 1.71. The second kappa shape index (κ2) is 8.51. The van der Waals surface area contributed by atoms with E-state index < -0.39 is 0 Å². The first-order valence-corrected chi connectivity index (χ1v) is 10.1. The molecule has 0 atom stereocenters. The number of aryl methyl sites for hydroxylation is 4. The van der Waals surface area contributed by atoms with Crippen LogP contribution in [0.2, 0.25) is 0 Å². The van der Waals surface area contributed by atoms with Crippen molar-refractivity contribution in [3.05, 3.63) is 81.7 Å². The van der Waals surface area contributed by atoms with Crippen molar-refractivity contribution in [1.29, 1.82) is 0 Å². The maximum Gasteiger partial charge on any atom is 0.273 e. The molecule has 0 spiro atoms. The maximum absolute atomic E-state index is 12.9. The summed E-state index contributed by atoms with van der Waals surface area (Å²) in [6.07, 6.45) is 2.11. The highest BCUT2D eigenvalue weighted by molar-refractivity contribution is 5.77. The van der Waals surface area contributed by atoms with Crippen molar-refractivity contribution >= 4 is 17.1 Å². The van der Waals surface area contributed by atoms with Crippen molar-refractivity contribution in [2.75, 3.05) is 0 Å². The first-order chi connectivity index (χ1) is 14.9. The topological polar surface area (TPSA) is 94.7 Å². The highest BCUT2D eigenvalue weighted by Gasteiger charge is 2.18. The molecule has 31 heavy (non-hydrogen) atoms. The van der Waals surface area contributed by atoms with Gasteiger partial charge in [0.2, 0.25) is 5.91 Å². The molecule has 0 aliphatic heterocycles. The molecule has 3 aromatic heterocycles. The van der Waals surface area contributed by atoms with E-state index in [0.717, 1.165) is 22.6 Å². The van der Waals surface area contributed by atoms with E-state index in [1.807, 2.05) is 56.3 Å². The van der Waals surface area contributed by atoms with Crippen LogP contribution in [0, 0.1) is 13.8 Å². The van der Waals surface area contributed by atoms with E-state index in [0.29, 0.717) is 23.4 Å². The minimum Gasteiger partial charge on any atom is -0.350 e. The van der Waals surface area contributed by atoms with E-state index >= 15 is 0 Å². The molecule has 158 valence electrons. The van der Waals surface area contributed by atoms with Crippen molar-refractivity contribution in [3.8, 4) is 5.69 Å². The van der Waals surface area contributed by atoms with Crippen LogP contribution in [0.5, 0.6) is 0 Å². The van der Waals surface area contributed by atoms with Crippen molar-refractivity contribution in [2.45, 2.75) is 33.2 Å². The molecule has 8 heteroatoms. The fourth-order valence-electron chi connectivity index (χ4n) is 3.45. The molecule has 4 rings (SSSR count). The van der Waals surface area contributed by atoms with Crippen LogP contribution in [-0.2, 0) is 24.8 Å². The molecule has 1 N–H and O–H groups in total. The Morgan fingerprint density at radius 2 is 1.87 bits per heavy atom. The Hall–Kier alpha value is -3.81. The molecule has 0 fully saturated rings. The van der Waals surface area contributed by atoms with Gasteiger partial charge in [0, 0.05) is 26.1 Å². The van der Waals surface area contributed by atoms with Gasteiger partial charge in [-0.25, -0.2) is 9.67 Å². The molecule has 0 bridgehead atoms. The Kier molecular flexibility index (Phi) is 5.62. The third-order valence-electron chi connectivity index (χ3n) is 5.18. The number of hydrogen-bond donors (Lipinski definition) is 1. The normalized spacial score (nSPS) is 11.1. The summed E-state index contributed by atoms with van der Waals surface area (Å²) in [5, 5.41) is 7.43. The zero-order chi connectivity index (χ0) is 22.0. The summed E-state index contributed by atoms with van der Waals surface area (Å²) in [5.41, 5.74) is 4.95. The van der Waals surface area contributed by atoms with E-state index in [4.69, 9.17) is 0 Å².